The number of hydrogen-bond donors (Lipinski definition) is 2. The maximum atomic E-state index is 14.3. The third-order valence-electron chi connectivity index (χ3n) is 4.73. The van der Waals surface area contributed by atoms with Crippen molar-refractivity contribution in [3.8, 4) is 17.5 Å². The molecule has 2 aromatic heterocycles. The first kappa shape index (κ1) is 18.6. The number of pyridine rings is 1. The molecule has 3 aromatic rings. The highest BCUT2D eigenvalue weighted by Gasteiger charge is 2.42. The zero-order chi connectivity index (χ0) is 20.8. The van der Waals surface area contributed by atoms with Gasteiger partial charge in [-0.3, -0.25) is 9.59 Å². The maximum absolute atomic E-state index is 14.3. The summed E-state index contributed by atoms with van der Waals surface area (Å²) in [4.78, 5) is 29.3. The van der Waals surface area contributed by atoms with Crippen molar-refractivity contribution in [3.05, 3.63) is 53.6 Å². The van der Waals surface area contributed by atoms with E-state index in [9.17, 15) is 19.1 Å². The fraction of sp³-hybridized carbons (Fsp3) is 0.200. The van der Waals surface area contributed by atoms with Crippen LogP contribution < -0.4 is 5.73 Å². The van der Waals surface area contributed by atoms with E-state index in [0.29, 0.717) is 17.6 Å². The van der Waals surface area contributed by atoms with Gasteiger partial charge in [0.05, 0.1) is 11.1 Å². The lowest BCUT2D eigenvalue weighted by atomic mass is 10.0. The molecule has 1 saturated heterocycles. The summed E-state index contributed by atoms with van der Waals surface area (Å²) in [5.74, 6) is 3.39. The number of carbonyl (C=O) groups excluding carboxylic acids is 2. The van der Waals surface area contributed by atoms with Crippen LogP contribution in [0.3, 0.4) is 0 Å². The van der Waals surface area contributed by atoms with E-state index in [4.69, 9.17) is 5.73 Å². The number of aromatic nitrogens is 3. The Labute approximate surface area is 164 Å². The Kier molecular flexibility index (Phi) is 4.28. The minimum absolute atomic E-state index is 0.0129. The summed E-state index contributed by atoms with van der Waals surface area (Å²) >= 11 is 0. The van der Waals surface area contributed by atoms with E-state index >= 15 is 0 Å². The van der Waals surface area contributed by atoms with Gasteiger partial charge in [0, 0.05) is 31.8 Å². The van der Waals surface area contributed by atoms with Crippen LogP contribution >= 0.6 is 0 Å². The molecule has 1 aromatic carbocycles. The van der Waals surface area contributed by atoms with E-state index in [1.165, 1.54) is 34.0 Å². The van der Waals surface area contributed by atoms with Gasteiger partial charge in [-0.05, 0) is 30.3 Å². The summed E-state index contributed by atoms with van der Waals surface area (Å²) in [6.07, 6.45) is 1.69. The van der Waals surface area contributed by atoms with E-state index in [2.05, 4.69) is 21.9 Å². The van der Waals surface area contributed by atoms with Gasteiger partial charge in [-0.2, -0.15) is 5.10 Å². The van der Waals surface area contributed by atoms with Crippen LogP contribution in [0.4, 0.5) is 4.39 Å². The van der Waals surface area contributed by atoms with Crippen LogP contribution in [0, 0.1) is 17.7 Å². The average Bonchev–Trinajstić information content (AvgIpc) is 3.20. The molecular weight excluding hydrogens is 377 g/mol. The average molecular weight is 393 g/mol. The Balaban J connectivity index is 1.80. The number of benzene rings is 1. The van der Waals surface area contributed by atoms with Crippen molar-refractivity contribution in [2.24, 2.45) is 5.73 Å². The van der Waals surface area contributed by atoms with Crippen molar-refractivity contribution in [1.29, 1.82) is 0 Å². The third kappa shape index (κ3) is 3.19. The summed E-state index contributed by atoms with van der Waals surface area (Å²) < 4.78 is 15.6. The zero-order valence-electron chi connectivity index (χ0n) is 15.4. The summed E-state index contributed by atoms with van der Waals surface area (Å²) in [6.45, 7) is 0.388. The Bertz CT molecular complexity index is 1230. The van der Waals surface area contributed by atoms with Crippen LogP contribution in [0.1, 0.15) is 22.5 Å². The molecule has 3 heterocycles. The number of aliphatic hydroxyl groups is 1. The van der Waals surface area contributed by atoms with Gasteiger partial charge in [0.2, 0.25) is 5.60 Å². The smallest absolute Gasteiger partial charge is 0.269 e. The standard InChI is InChI=1S/C20H16FN5O3/c1-25-8-6-20(29,19(25)28)5-4-12-9-13(21)11-14(10-12)26-18-15(3-2-7-23-18)16(24-26)17(22)27/h2-3,7,9-11,29H,6,8H2,1H3,(H2,22,27)/t20-/m0/s1. The quantitative estimate of drug-likeness (QED) is 0.619. The van der Waals surface area contributed by atoms with E-state index < -0.39 is 23.2 Å². The molecule has 8 nitrogen and oxygen atoms in total. The van der Waals surface area contributed by atoms with Crippen molar-refractivity contribution in [2.75, 3.05) is 13.6 Å². The lowest BCUT2D eigenvalue weighted by molar-refractivity contribution is -0.137. The number of nitrogens with two attached hydrogens (primary N) is 1. The number of hydrogen-bond acceptors (Lipinski definition) is 5. The van der Waals surface area contributed by atoms with Crippen LogP contribution in [0.5, 0.6) is 0 Å². The van der Waals surface area contributed by atoms with Crippen molar-refractivity contribution in [1.82, 2.24) is 19.7 Å². The normalized spacial score (nSPS) is 18.7. The van der Waals surface area contributed by atoms with Crippen molar-refractivity contribution in [2.45, 2.75) is 12.0 Å². The van der Waals surface area contributed by atoms with Crippen molar-refractivity contribution >= 4 is 22.8 Å². The van der Waals surface area contributed by atoms with E-state index in [1.807, 2.05) is 0 Å². The number of nitrogens with zero attached hydrogens (tertiary/aromatic N) is 4. The summed E-state index contributed by atoms with van der Waals surface area (Å²) in [5, 5.41) is 15.0. The molecule has 2 amide bonds. The molecule has 1 atom stereocenters. The number of rotatable bonds is 2. The SMILES string of the molecule is CN1CC[C@@](O)(C#Cc2cc(F)cc(-n3nc(C(N)=O)c4cccnc43)c2)C1=O. The third-order valence-corrected chi connectivity index (χ3v) is 4.73. The molecule has 4 rings (SSSR count). The highest BCUT2D eigenvalue weighted by atomic mass is 19.1. The highest BCUT2D eigenvalue weighted by molar-refractivity contribution is 6.03. The molecule has 3 N–H and O–H groups in total. The number of primary amides is 1. The van der Waals surface area contributed by atoms with Crippen LogP contribution in [-0.4, -0.2) is 55.8 Å². The first-order valence-electron chi connectivity index (χ1n) is 8.74. The van der Waals surface area contributed by atoms with Crippen LogP contribution in [0.2, 0.25) is 0 Å². The van der Waals surface area contributed by atoms with Gasteiger partial charge < -0.3 is 15.7 Å². The van der Waals surface area contributed by atoms with E-state index in [1.54, 1.807) is 19.2 Å². The predicted octanol–water partition coefficient (Wildman–Crippen LogP) is 0.603. The number of fused-ring (bicyclic) bond motifs is 1. The van der Waals surface area contributed by atoms with Gasteiger partial charge >= 0.3 is 0 Å². The highest BCUT2D eigenvalue weighted by Crippen LogP contribution is 2.23. The zero-order valence-corrected chi connectivity index (χ0v) is 15.4. The fourth-order valence-electron chi connectivity index (χ4n) is 3.23. The monoisotopic (exact) mass is 393 g/mol. The van der Waals surface area contributed by atoms with Gasteiger partial charge in [0.15, 0.2) is 11.3 Å². The molecule has 0 aliphatic carbocycles. The Morgan fingerprint density at radius 3 is 2.86 bits per heavy atom. The molecule has 0 saturated carbocycles. The Morgan fingerprint density at radius 2 is 2.17 bits per heavy atom. The lowest BCUT2D eigenvalue weighted by Crippen LogP contribution is -2.37. The first-order chi connectivity index (χ1) is 13.8. The number of halogens is 1. The summed E-state index contributed by atoms with van der Waals surface area (Å²) in [6, 6.07) is 7.19. The molecule has 29 heavy (non-hydrogen) atoms. The minimum atomic E-state index is -1.79. The second-order valence-electron chi connectivity index (χ2n) is 6.78. The van der Waals surface area contributed by atoms with Gasteiger partial charge in [-0.15, -0.1) is 0 Å². The molecule has 9 heteroatoms. The number of amides is 2. The van der Waals surface area contributed by atoms with Gasteiger partial charge in [0.25, 0.3) is 11.8 Å². The Hall–Kier alpha value is -3.77. The molecule has 0 spiro atoms. The second kappa shape index (κ2) is 6.68. The minimum Gasteiger partial charge on any atom is -0.369 e. The van der Waals surface area contributed by atoms with Gasteiger partial charge in [0.1, 0.15) is 5.82 Å². The Morgan fingerprint density at radius 1 is 1.38 bits per heavy atom. The van der Waals surface area contributed by atoms with Crippen LogP contribution in [0.25, 0.3) is 16.7 Å². The topological polar surface area (TPSA) is 114 Å². The molecule has 0 radical (unpaired) electrons. The van der Waals surface area contributed by atoms with Crippen molar-refractivity contribution < 1.29 is 19.1 Å². The predicted molar refractivity (Wildman–Crippen MR) is 101 cm³/mol. The lowest BCUT2D eigenvalue weighted by Gasteiger charge is -2.13. The second-order valence-corrected chi connectivity index (χ2v) is 6.78. The first-order valence-corrected chi connectivity index (χ1v) is 8.74. The maximum Gasteiger partial charge on any atom is 0.269 e. The van der Waals surface area contributed by atoms with Gasteiger partial charge in [-0.25, -0.2) is 14.1 Å². The molecule has 146 valence electrons. The van der Waals surface area contributed by atoms with Crippen LogP contribution in [0.15, 0.2) is 36.5 Å². The molecule has 0 bridgehead atoms. The number of likely N-dealkylation sites (tertiary alicyclic amines) is 1. The van der Waals surface area contributed by atoms with E-state index in [-0.39, 0.29) is 23.4 Å². The van der Waals surface area contributed by atoms with Crippen LogP contribution in [-0.2, 0) is 4.79 Å². The summed E-state index contributed by atoms with van der Waals surface area (Å²) in [5.41, 5.74) is 4.44. The van der Waals surface area contributed by atoms with Gasteiger partial charge in [-0.1, -0.05) is 11.8 Å². The van der Waals surface area contributed by atoms with Crippen molar-refractivity contribution in [3.63, 3.8) is 0 Å². The number of carbonyl (C=O) groups is 2. The molecular formula is C20H16FN5O3. The molecule has 1 aliphatic rings. The largest absolute Gasteiger partial charge is 0.369 e. The van der Waals surface area contributed by atoms with E-state index in [0.717, 1.165) is 0 Å². The number of likely N-dealkylation sites (N-methyl/N-ethyl adjacent to an activating group) is 1. The fourth-order valence-corrected chi connectivity index (χ4v) is 3.23. The molecule has 0 unspecified atom stereocenters. The summed E-state index contributed by atoms with van der Waals surface area (Å²) in [7, 11) is 1.58. The molecule has 1 fully saturated rings. The molecule has 1 aliphatic heterocycles.